The maximum atomic E-state index is 12.5. The Bertz CT molecular complexity index is 609. The van der Waals surface area contributed by atoms with Crippen LogP contribution in [-0.4, -0.2) is 50.7 Å². The van der Waals surface area contributed by atoms with E-state index in [2.05, 4.69) is 13.8 Å². The number of benzene rings is 1. The monoisotopic (exact) mass is 364 g/mol. The van der Waals surface area contributed by atoms with E-state index in [0.717, 1.165) is 12.8 Å². The van der Waals surface area contributed by atoms with Crippen LogP contribution in [0.4, 0.5) is 0 Å². The van der Waals surface area contributed by atoms with Gasteiger partial charge >= 0.3 is 5.97 Å². The van der Waals surface area contributed by atoms with Crippen molar-refractivity contribution in [2.45, 2.75) is 33.0 Å². The van der Waals surface area contributed by atoms with E-state index in [1.54, 1.807) is 24.3 Å². The summed E-state index contributed by atoms with van der Waals surface area (Å²) in [4.78, 5) is 12.5. The summed E-state index contributed by atoms with van der Waals surface area (Å²) in [5.74, 6) is -0.444. The molecule has 2 saturated heterocycles. The highest BCUT2D eigenvalue weighted by Crippen LogP contribution is 2.34. The molecule has 1 N–H and O–H groups in total. The van der Waals surface area contributed by atoms with Crippen molar-refractivity contribution in [3.05, 3.63) is 35.4 Å². The lowest BCUT2D eigenvalue weighted by Gasteiger charge is -2.41. The zero-order chi connectivity index (χ0) is 18.6. The van der Waals surface area contributed by atoms with Gasteiger partial charge in [-0.1, -0.05) is 32.0 Å². The highest BCUT2D eigenvalue weighted by atomic mass is 16.6. The van der Waals surface area contributed by atoms with Crippen LogP contribution in [0.2, 0.25) is 0 Å². The summed E-state index contributed by atoms with van der Waals surface area (Å²) in [5, 5.41) is 10.5. The van der Waals surface area contributed by atoms with E-state index in [-0.39, 0.29) is 10.8 Å². The summed E-state index contributed by atoms with van der Waals surface area (Å²) in [6.45, 7) is 7.37. The molecule has 2 heterocycles. The summed E-state index contributed by atoms with van der Waals surface area (Å²) in [6, 6.07) is 6.87. The lowest BCUT2D eigenvalue weighted by molar-refractivity contribution is -0.195. The quantitative estimate of drug-likeness (QED) is 0.536. The number of aliphatic hydroxyl groups is 1. The standard InChI is InChI=1S/C20H28O6/c1-3-19(9-23-10-19)13-25-17(21)15-7-5-6-8-16(15)18(22)26-14-20(4-2)11-24-12-20/h5-8,17,21H,3-4,9-14H2,1-2H3. The fraction of sp³-hybridized carbons (Fsp3) is 0.650. The third-order valence-electron chi connectivity index (χ3n) is 5.64. The topological polar surface area (TPSA) is 74.2 Å². The summed E-state index contributed by atoms with van der Waals surface area (Å²) >= 11 is 0. The Morgan fingerprint density at radius 2 is 1.65 bits per heavy atom. The highest BCUT2D eigenvalue weighted by molar-refractivity contribution is 5.91. The minimum absolute atomic E-state index is 0.0336. The number of ether oxygens (including phenoxy) is 4. The maximum Gasteiger partial charge on any atom is 0.338 e. The smallest absolute Gasteiger partial charge is 0.338 e. The van der Waals surface area contributed by atoms with Gasteiger partial charge in [-0.25, -0.2) is 4.79 Å². The van der Waals surface area contributed by atoms with E-state index in [9.17, 15) is 9.90 Å². The van der Waals surface area contributed by atoms with Crippen LogP contribution in [-0.2, 0) is 18.9 Å². The number of carbonyl (C=O) groups is 1. The van der Waals surface area contributed by atoms with Crippen LogP contribution in [0.3, 0.4) is 0 Å². The summed E-state index contributed by atoms with van der Waals surface area (Å²) in [5.41, 5.74) is 0.660. The van der Waals surface area contributed by atoms with Gasteiger partial charge in [-0.05, 0) is 18.9 Å². The van der Waals surface area contributed by atoms with E-state index >= 15 is 0 Å². The molecule has 0 saturated carbocycles. The first-order chi connectivity index (χ1) is 12.5. The predicted molar refractivity (Wildman–Crippen MR) is 94.7 cm³/mol. The van der Waals surface area contributed by atoms with Crippen LogP contribution in [0.25, 0.3) is 0 Å². The zero-order valence-corrected chi connectivity index (χ0v) is 15.5. The first kappa shape index (κ1) is 19.3. The average molecular weight is 364 g/mol. The van der Waals surface area contributed by atoms with Crippen LogP contribution in [0.5, 0.6) is 0 Å². The Hall–Kier alpha value is -1.47. The van der Waals surface area contributed by atoms with Crippen molar-refractivity contribution in [2.24, 2.45) is 10.8 Å². The molecule has 6 heteroatoms. The van der Waals surface area contributed by atoms with Gasteiger partial charge in [0.05, 0.1) is 44.0 Å². The number of hydrogen-bond acceptors (Lipinski definition) is 6. The summed E-state index contributed by atoms with van der Waals surface area (Å²) < 4.78 is 21.7. The highest BCUT2D eigenvalue weighted by Gasteiger charge is 2.39. The Kier molecular flexibility index (Phi) is 5.97. The lowest BCUT2D eigenvalue weighted by Crippen LogP contribution is -2.46. The summed E-state index contributed by atoms with van der Waals surface area (Å²) in [6.07, 6.45) is 0.648. The first-order valence-corrected chi connectivity index (χ1v) is 9.24. The van der Waals surface area contributed by atoms with Crippen molar-refractivity contribution >= 4 is 5.97 Å². The average Bonchev–Trinajstić information content (AvgIpc) is 2.60. The molecular weight excluding hydrogens is 336 g/mol. The number of carbonyl (C=O) groups excluding carboxylic acids is 1. The molecule has 3 rings (SSSR count). The fourth-order valence-electron chi connectivity index (χ4n) is 3.10. The van der Waals surface area contributed by atoms with Crippen LogP contribution in [0.1, 0.15) is 48.9 Å². The second-order valence-electron chi connectivity index (χ2n) is 7.52. The van der Waals surface area contributed by atoms with Gasteiger partial charge in [0.2, 0.25) is 0 Å². The number of rotatable bonds is 9. The second-order valence-corrected chi connectivity index (χ2v) is 7.52. The van der Waals surface area contributed by atoms with E-state index in [1.807, 2.05) is 0 Å². The molecule has 2 fully saturated rings. The third-order valence-corrected chi connectivity index (χ3v) is 5.64. The number of esters is 1. The predicted octanol–water partition coefficient (Wildman–Crippen LogP) is 2.70. The molecular formula is C20H28O6. The molecule has 1 aromatic rings. The van der Waals surface area contributed by atoms with Crippen molar-refractivity contribution in [3.8, 4) is 0 Å². The van der Waals surface area contributed by atoms with Gasteiger partial charge in [0.25, 0.3) is 0 Å². The van der Waals surface area contributed by atoms with Crippen molar-refractivity contribution < 1.29 is 28.8 Å². The normalized spacial score (nSPS) is 21.3. The van der Waals surface area contributed by atoms with Gasteiger partial charge in [0, 0.05) is 11.0 Å². The SMILES string of the molecule is CCC1(COC(=O)c2ccccc2C(O)OCC2(CC)COC2)COC1. The molecule has 1 atom stereocenters. The molecule has 6 nitrogen and oxygen atoms in total. The molecule has 0 spiro atoms. The van der Waals surface area contributed by atoms with Crippen molar-refractivity contribution in [1.29, 1.82) is 0 Å². The van der Waals surface area contributed by atoms with Gasteiger partial charge in [-0.15, -0.1) is 0 Å². The zero-order valence-electron chi connectivity index (χ0n) is 15.5. The second kappa shape index (κ2) is 8.05. The molecule has 2 aliphatic heterocycles. The number of hydrogen-bond donors (Lipinski definition) is 1. The Morgan fingerprint density at radius 3 is 2.19 bits per heavy atom. The van der Waals surface area contributed by atoms with E-state index in [1.165, 1.54) is 0 Å². The van der Waals surface area contributed by atoms with E-state index < -0.39 is 12.3 Å². The molecule has 1 aromatic carbocycles. The maximum absolute atomic E-state index is 12.5. The molecule has 0 radical (unpaired) electrons. The molecule has 0 aliphatic carbocycles. The fourth-order valence-corrected chi connectivity index (χ4v) is 3.10. The van der Waals surface area contributed by atoms with Gasteiger partial charge in [0.1, 0.15) is 6.61 Å². The van der Waals surface area contributed by atoms with Gasteiger partial charge < -0.3 is 24.1 Å². The van der Waals surface area contributed by atoms with E-state index in [0.29, 0.717) is 50.8 Å². The van der Waals surface area contributed by atoms with Crippen LogP contribution in [0.15, 0.2) is 24.3 Å². The molecule has 26 heavy (non-hydrogen) atoms. The van der Waals surface area contributed by atoms with Crippen LogP contribution >= 0.6 is 0 Å². The van der Waals surface area contributed by atoms with Gasteiger partial charge in [-0.2, -0.15) is 0 Å². The third kappa shape index (κ3) is 3.93. The molecule has 2 aliphatic rings. The molecule has 0 bridgehead atoms. The summed E-state index contributed by atoms with van der Waals surface area (Å²) in [7, 11) is 0. The first-order valence-electron chi connectivity index (χ1n) is 9.24. The Balaban J connectivity index is 1.62. The Morgan fingerprint density at radius 1 is 1.08 bits per heavy atom. The largest absolute Gasteiger partial charge is 0.461 e. The van der Waals surface area contributed by atoms with Crippen LogP contribution < -0.4 is 0 Å². The van der Waals surface area contributed by atoms with Gasteiger partial charge in [-0.3, -0.25) is 0 Å². The van der Waals surface area contributed by atoms with Crippen LogP contribution in [0, 0.1) is 10.8 Å². The lowest BCUT2D eigenvalue weighted by atomic mass is 9.84. The Labute approximate surface area is 154 Å². The number of aliphatic hydroxyl groups excluding tert-OH is 1. The van der Waals surface area contributed by atoms with Crippen molar-refractivity contribution in [3.63, 3.8) is 0 Å². The molecule has 1 unspecified atom stereocenters. The van der Waals surface area contributed by atoms with Crippen molar-refractivity contribution in [1.82, 2.24) is 0 Å². The minimum Gasteiger partial charge on any atom is -0.461 e. The molecule has 144 valence electrons. The van der Waals surface area contributed by atoms with E-state index in [4.69, 9.17) is 18.9 Å². The van der Waals surface area contributed by atoms with Gasteiger partial charge in [0.15, 0.2) is 6.29 Å². The minimum atomic E-state index is -1.17. The molecule has 0 amide bonds. The van der Waals surface area contributed by atoms with Crippen molar-refractivity contribution in [2.75, 3.05) is 39.6 Å². The molecule has 0 aromatic heterocycles.